The molecule has 0 radical (unpaired) electrons. The van der Waals surface area contributed by atoms with Gasteiger partial charge in [-0.1, -0.05) is 12.0 Å². The van der Waals surface area contributed by atoms with Crippen LogP contribution in [0.2, 0.25) is 0 Å². The van der Waals surface area contributed by atoms with E-state index in [0.717, 1.165) is 51.5 Å². The molecule has 0 spiro atoms. The van der Waals surface area contributed by atoms with Crippen molar-refractivity contribution in [3.8, 4) is 0 Å². The summed E-state index contributed by atoms with van der Waals surface area (Å²) in [6.07, 6.45) is 8.31. The lowest BCUT2D eigenvalue weighted by atomic mass is 9.82. The second kappa shape index (κ2) is 6.03. The first kappa shape index (κ1) is 13.1. The number of methoxy groups -OCH3 is 1. The maximum absolute atomic E-state index is 11.8. The Kier molecular flexibility index (Phi) is 4.39. The van der Waals surface area contributed by atoms with E-state index in [4.69, 9.17) is 4.74 Å². The van der Waals surface area contributed by atoms with E-state index in [1.54, 1.807) is 4.90 Å². The summed E-state index contributed by atoms with van der Waals surface area (Å²) in [5.74, 6) is 0.583. The van der Waals surface area contributed by atoms with Crippen molar-refractivity contribution in [2.75, 3.05) is 13.7 Å². The molecular formula is C14H21NO3. The molecule has 1 amide bonds. The van der Waals surface area contributed by atoms with Gasteiger partial charge in [0.2, 0.25) is 0 Å². The van der Waals surface area contributed by atoms with Gasteiger partial charge in [-0.05, 0) is 32.1 Å². The molecule has 1 unspecified atom stereocenters. The molecule has 1 saturated carbocycles. The molecule has 4 heteroatoms. The molecule has 1 fully saturated rings. The van der Waals surface area contributed by atoms with E-state index in [-0.39, 0.29) is 12.0 Å². The third kappa shape index (κ3) is 3.12. The van der Waals surface area contributed by atoms with Gasteiger partial charge in [0.1, 0.15) is 5.78 Å². The molecule has 0 saturated heterocycles. The number of amides is 1. The van der Waals surface area contributed by atoms with Crippen LogP contribution < -0.4 is 0 Å². The zero-order valence-electron chi connectivity index (χ0n) is 11.0. The second-order valence-corrected chi connectivity index (χ2v) is 5.17. The summed E-state index contributed by atoms with van der Waals surface area (Å²) in [5.41, 5.74) is 1.21. The van der Waals surface area contributed by atoms with Gasteiger partial charge < -0.3 is 4.74 Å². The summed E-state index contributed by atoms with van der Waals surface area (Å²) in [6.45, 7) is 0.717. The molecule has 0 aromatic heterocycles. The Hall–Kier alpha value is -1.32. The van der Waals surface area contributed by atoms with Crippen molar-refractivity contribution in [1.29, 1.82) is 0 Å². The quantitative estimate of drug-likeness (QED) is 0.758. The Morgan fingerprint density at radius 2 is 2.22 bits per heavy atom. The average Bonchev–Trinajstić information content (AvgIpc) is 2.41. The van der Waals surface area contributed by atoms with Crippen LogP contribution in [0.4, 0.5) is 4.79 Å². The van der Waals surface area contributed by atoms with E-state index in [0.29, 0.717) is 5.78 Å². The van der Waals surface area contributed by atoms with Gasteiger partial charge in [0, 0.05) is 25.1 Å². The van der Waals surface area contributed by atoms with Gasteiger partial charge in [0.05, 0.1) is 7.11 Å². The molecule has 1 heterocycles. The van der Waals surface area contributed by atoms with Gasteiger partial charge in [-0.3, -0.25) is 9.69 Å². The summed E-state index contributed by atoms with van der Waals surface area (Å²) in [5, 5.41) is 0. The molecule has 0 aromatic carbocycles. The van der Waals surface area contributed by atoms with Gasteiger partial charge in [0.25, 0.3) is 0 Å². The molecule has 4 nitrogen and oxygen atoms in total. The molecule has 18 heavy (non-hydrogen) atoms. The molecule has 0 bridgehead atoms. The highest BCUT2D eigenvalue weighted by atomic mass is 16.5. The van der Waals surface area contributed by atoms with Crippen molar-refractivity contribution in [1.82, 2.24) is 4.90 Å². The zero-order chi connectivity index (χ0) is 13.0. The summed E-state index contributed by atoms with van der Waals surface area (Å²) >= 11 is 0. The first-order valence-electron chi connectivity index (χ1n) is 6.77. The first-order valence-corrected chi connectivity index (χ1v) is 6.77. The van der Waals surface area contributed by atoms with E-state index < -0.39 is 0 Å². The van der Waals surface area contributed by atoms with E-state index in [1.807, 2.05) is 6.20 Å². The molecule has 2 rings (SSSR count). The smallest absolute Gasteiger partial charge is 0.413 e. The van der Waals surface area contributed by atoms with Crippen LogP contribution in [0.25, 0.3) is 0 Å². The molecular weight excluding hydrogens is 230 g/mol. The number of ether oxygens (including phenoxy) is 1. The molecule has 1 aliphatic heterocycles. The zero-order valence-corrected chi connectivity index (χ0v) is 11.0. The second-order valence-electron chi connectivity index (χ2n) is 5.17. The molecule has 2 aliphatic rings. The summed E-state index contributed by atoms with van der Waals surface area (Å²) < 4.78 is 4.72. The number of nitrogens with zero attached hydrogens (tertiary/aromatic N) is 1. The number of ketones is 1. The predicted octanol–water partition coefficient (Wildman–Crippen LogP) is 2.88. The predicted molar refractivity (Wildman–Crippen MR) is 68.0 cm³/mol. The van der Waals surface area contributed by atoms with Crippen LogP contribution in [-0.2, 0) is 9.53 Å². The highest BCUT2D eigenvalue weighted by molar-refractivity contribution is 5.81. The van der Waals surface area contributed by atoms with Crippen LogP contribution >= 0.6 is 0 Å². The van der Waals surface area contributed by atoms with E-state index in [9.17, 15) is 9.59 Å². The van der Waals surface area contributed by atoms with Crippen molar-refractivity contribution >= 4 is 11.9 Å². The summed E-state index contributed by atoms with van der Waals surface area (Å²) in [6, 6.07) is 0. The van der Waals surface area contributed by atoms with Gasteiger partial charge in [-0.2, -0.15) is 0 Å². The average molecular weight is 251 g/mol. The number of rotatable bonds is 2. The highest BCUT2D eigenvalue weighted by Gasteiger charge is 2.25. The number of hydrogen-bond acceptors (Lipinski definition) is 3. The molecule has 1 atom stereocenters. The minimum atomic E-state index is -0.304. The van der Waals surface area contributed by atoms with Crippen molar-refractivity contribution in [2.24, 2.45) is 5.92 Å². The number of carbonyl (C=O) groups is 2. The summed E-state index contributed by atoms with van der Waals surface area (Å²) in [4.78, 5) is 24.9. The van der Waals surface area contributed by atoms with Crippen LogP contribution in [0, 0.1) is 5.92 Å². The Morgan fingerprint density at radius 3 is 2.94 bits per heavy atom. The molecule has 1 aliphatic carbocycles. The van der Waals surface area contributed by atoms with E-state index in [1.165, 1.54) is 12.7 Å². The van der Waals surface area contributed by atoms with Gasteiger partial charge in [-0.15, -0.1) is 0 Å². The molecule has 0 N–H and O–H groups in total. The van der Waals surface area contributed by atoms with Crippen molar-refractivity contribution in [3.63, 3.8) is 0 Å². The minimum Gasteiger partial charge on any atom is -0.452 e. The van der Waals surface area contributed by atoms with Crippen molar-refractivity contribution < 1.29 is 14.3 Å². The number of allylic oxidation sites excluding steroid dienone is 1. The Balaban J connectivity index is 1.97. The van der Waals surface area contributed by atoms with Crippen LogP contribution in [-0.4, -0.2) is 30.4 Å². The van der Waals surface area contributed by atoms with Crippen molar-refractivity contribution in [2.45, 2.75) is 44.9 Å². The minimum absolute atomic E-state index is 0.183. The van der Waals surface area contributed by atoms with E-state index >= 15 is 0 Å². The lowest BCUT2D eigenvalue weighted by molar-refractivity contribution is -0.124. The van der Waals surface area contributed by atoms with Crippen LogP contribution in [0.5, 0.6) is 0 Å². The van der Waals surface area contributed by atoms with Gasteiger partial charge in [-0.25, -0.2) is 4.79 Å². The number of carbonyl (C=O) groups excluding carboxylic acids is 2. The fraction of sp³-hybridized carbons (Fsp3) is 0.714. The van der Waals surface area contributed by atoms with Gasteiger partial charge >= 0.3 is 6.09 Å². The third-order valence-corrected chi connectivity index (χ3v) is 3.83. The van der Waals surface area contributed by atoms with Crippen LogP contribution in [0.3, 0.4) is 0 Å². The topological polar surface area (TPSA) is 46.6 Å². The number of Topliss-reactive ketones (excluding diaryl/α,β-unsaturated/α-hetero) is 1. The maximum atomic E-state index is 11.8. The lowest BCUT2D eigenvalue weighted by Gasteiger charge is -2.27. The Morgan fingerprint density at radius 1 is 1.39 bits per heavy atom. The lowest BCUT2D eigenvalue weighted by Crippen LogP contribution is -2.30. The first-order chi connectivity index (χ1) is 8.70. The fourth-order valence-electron chi connectivity index (χ4n) is 2.83. The monoisotopic (exact) mass is 251 g/mol. The SMILES string of the molecule is COC(=O)N1C=C(CC2CCCCC2=O)CCC1. The maximum Gasteiger partial charge on any atom is 0.413 e. The number of hydrogen-bond donors (Lipinski definition) is 0. The Labute approximate surface area is 108 Å². The largest absolute Gasteiger partial charge is 0.452 e. The normalized spacial score (nSPS) is 24.7. The fourth-order valence-corrected chi connectivity index (χ4v) is 2.83. The molecule has 100 valence electrons. The van der Waals surface area contributed by atoms with Gasteiger partial charge in [0.15, 0.2) is 0 Å². The molecule has 0 aromatic rings. The van der Waals surface area contributed by atoms with E-state index in [2.05, 4.69) is 0 Å². The third-order valence-electron chi connectivity index (χ3n) is 3.83. The van der Waals surface area contributed by atoms with Crippen LogP contribution in [0.15, 0.2) is 11.8 Å². The summed E-state index contributed by atoms with van der Waals surface area (Å²) in [7, 11) is 1.40. The Bertz CT molecular complexity index is 362. The standard InChI is InChI=1S/C14H21NO3/c1-18-14(17)15-8-4-5-11(10-15)9-12-6-2-3-7-13(12)16/h10,12H,2-9H2,1H3. The highest BCUT2D eigenvalue weighted by Crippen LogP contribution is 2.29. The van der Waals surface area contributed by atoms with Crippen molar-refractivity contribution in [3.05, 3.63) is 11.8 Å². The van der Waals surface area contributed by atoms with Crippen LogP contribution in [0.1, 0.15) is 44.9 Å².